The highest BCUT2D eigenvalue weighted by Crippen LogP contribution is 2.26. The van der Waals surface area contributed by atoms with Crippen molar-refractivity contribution < 1.29 is 32.2 Å². The molecular formula is C27H35F3N4O4. The van der Waals surface area contributed by atoms with Gasteiger partial charge in [-0.15, -0.1) is 13.2 Å². The Morgan fingerprint density at radius 2 is 1.66 bits per heavy atom. The molecule has 0 aliphatic heterocycles. The molecule has 1 saturated carbocycles. The summed E-state index contributed by atoms with van der Waals surface area (Å²) in [5, 5.41) is 8.07. The molecule has 0 saturated heterocycles. The smallest absolute Gasteiger partial charge is 0.496 e. The Kier molecular flexibility index (Phi) is 10.6. The van der Waals surface area contributed by atoms with Crippen molar-refractivity contribution in [3.05, 3.63) is 48.0 Å². The Hall–Kier alpha value is -3.47. The minimum absolute atomic E-state index is 0.264. The van der Waals surface area contributed by atoms with E-state index in [9.17, 15) is 22.8 Å². The van der Waals surface area contributed by atoms with E-state index in [-0.39, 0.29) is 11.6 Å². The van der Waals surface area contributed by atoms with Crippen molar-refractivity contribution in [2.75, 3.05) is 37.4 Å². The van der Waals surface area contributed by atoms with E-state index in [1.165, 1.54) is 57.4 Å². The quantitative estimate of drug-likeness (QED) is 0.306. The zero-order valence-corrected chi connectivity index (χ0v) is 21.7. The number of ether oxygens (including phenoxy) is 2. The van der Waals surface area contributed by atoms with Crippen LogP contribution in [0.1, 0.15) is 55.8 Å². The number of rotatable bonds is 11. The molecule has 1 aliphatic rings. The van der Waals surface area contributed by atoms with Gasteiger partial charge < -0.3 is 30.3 Å². The Labute approximate surface area is 220 Å². The second-order valence-corrected chi connectivity index (χ2v) is 9.10. The summed E-state index contributed by atoms with van der Waals surface area (Å²) in [4.78, 5) is 27.6. The second-order valence-electron chi connectivity index (χ2n) is 9.10. The van der Waals surface area contributed by atoms with Gasteiger partial charge in [0.25, 0.3) is 5.91 Å². The van der Waals surface area contributed by atoms with Crippen LogP contribution in [0.15, 0.2) is 42.5 Å². The van der Waals surface area contributed by atoms with Gasteiger partial charge in [-0.05, 0) is 62.2 Å². The van der Waals surface area contributed by atoms with E-state index in [0.717, 1.165) is 31.6 Å². The lowest BCUT2D eigenvalue weighted by atomic mass is 9.94. The van der Waals surface area contributed by atoms with Gasteiger partial charge >= 0.3 is 12.4 Å². The molecule has 0 atom stereocenters. The van der Waals surface area contributed by atoms with Crippen molar-refractivity contribution in [2.24, 2.45) is 0 Å². The summed E-state index contributed by atoms with van der Waals surface area (Å²) in [6.45, 7) is 4.67. The van der Waals surface area contributed by atoms with Crippen molar-refractivity contribution in [3.63, 3.8) is 0 Å². The molecule has 0 heterocycles. The number of amides is 3. The highest BCUT2D eigenvalue weighted by molar-refractivity contribution is 6.01. The number of nitrogens with zero attached hydrogens (tertiary/aromatic N) is 1. The number of alkyl halides is 3. The first-order valence-corrected chi connectivity index (χ1v) is 12.8. The number of hydrogen-bond acceptors (Lipinski definition) is 5. The van der Waals surface area contributed by atoms with Gasteiger partial charge in [-0.25, -0.2) is 4.79 Å². The largest absolute Gasteiger partial charge is 0.573 e. The fourth-order valence-corrected chi connectivity index (χ4v) is 4.61. The standard InChI is InChI=1S/C27H35F3N4O4/c1-3-34(21-8-5-4-6-9-21)17-7-16-31-25(35)23-15-12-20(18-24(23)37-2)33-26(36)32-19-10-13-22(14-11-19)38-27(28,29)30/h10-15,18,21H,3-9,16-17H2,1-2H3,(H,31,35)(H2,32,33,36). The lowest BCUT2D eigenvalue weighted by Gasteiger charge is -2.33. The molecule has 8 nitrogen and oxygen atoms in total. The number of carbonyl (C=O) groups excluding carboxylic acids is 2. The summed E-state index contributed by atoms with van der Waals surface area (Å²) in [5.74, 6) is -0.361. The number of anilines is 2. The first-order valence-electron chi connectivity index (χ1n) is 12.8. The Bertz CT molecular complexity index is 1060. The SMILES string of the molecule is CCN(CCCNC(=O)c1ccc(NC(=O)Nc2ccc(OC(F)(F)F)cc2)cc1OC)C1CCCCC1. The fourth-order valence-electron chi connectivity index (χ4n) is 4.61. The normalized spacial score (nSPS) is 14.2. The van der Waals surface area contributed by atoms with Gasteiger partial charge in [0.05, 0.1) is 12.7 Å². The molecule has 0 aromatic heterocycles. The van der Waals surface area contributed by atoms with Crippen LogP contribution in [-0.2, 0) is 0 Å². The van der Waals surface area contributed by atoms with Crippen LogP contribution in [0.5, 0.6) is 11.5 Å². The van der Waals surface area contributed by atoms with Crippen LogP contribution in [0.2, 0.25) is 0 Å². The first kappa shape index (κ1) is 29.1. The molecule has 11 heteroatoms. The minimum atomic E-state index is -4.79. The van der Waals surface area contributed by atoms with Crippen molar-refractivity contribution in [1.29, 1.82) is 0 Å². The van der Waals surface area contributed by atoms with Gasteiger partial charge in [-0.1, -0.05) is 26.2 Å². The summed E-state index contributed by atoms with van der Waals surface area (Å²) in [7, 11) is 1.43. The van der Waals surface area contributed by atoms with E-state index >= 15 is 0 Å². The number of urea groups is 1. The van der Waals surface area contributed by atoms with Crippen molar-refractivity contribution in [3.8, 4) is 11.5 Å². The molecule has 2 aromatic rings. The zero-order chi connectivity index (χ0) is 27.5. The molecule has 0 unspecified atom stereocenters. The van der Waals surface area contributed by atoms with E-state index in [4.69, 9.17) is 4.74 Å². The van der Waals surface area contributed by atoms with E-state index < -0.39 is 18.1 Å². The van der Waals surface area contributed by atoms with Gasteiger partial charge in [0.1, 0.15) is 11.5 Å². The number of benzene rings is 2. The van der Waals surface area contributed by atoms with E-state index in [1.54, 1.807) is 12.1 Å². The molecular weight excluding hydrogens is 501 g/mol. The van der Waals surface area contributed by atoms with Gasteiger partial charge in [-0.2, -0.15) is 0 Å². The molecule has 1 aliphatic carbocycles. The molecule has 0 bridgehead atoms. The number of halogens is 3. The van der Waals surface area contributed by atoms with Gasteiger partial charge in [0.2, 0.25) is 0 Å². The van der Waals surface area contributed by atoms with Gasteiger partial charge in [-0.3, -0.25) is 4.79 Å². The Balaban J connectivity index is 1.48. The van der Waals surface area contributed by atoms with Crippen molar-refractivity contribution in [2.45, 2.75) is 57.9 Å². The third kappa shape index (κ3) is 9.13. The molecule has 2 aromatic carbocycles. The zero-order valence-electron chi connectivity index (χ0n) is 21.7. The number of nitrogens with one attached hydrogen (secondary N) is 3. The number of hydrogen-bond donors (Lipinski definition) is 3. The maximum absolute atomic E-state index is 12.7. The molecule has 0 spiro atoms. The first-order chi connectivity index (χ1) is 18.2. The average molecular weight is 537 g/mol. The highest BCUT2D eigenvalue weighted by atomic mass is 19.4. The van der Waals surface area contributed by atoms with Crippen LogP contribution in [0, 0.1) is 0 Å². The summed E-state index contributed by atoms with van der Waals surface area (Å²) in [6, 6.07) is 9.43. The summed E-state index contributed by atoms with van der Waals surface area (Å²) >= 11 is 0. The molecule has 3 rings (SSSR count). The van der Waals surface area contributed by atoms with Gasteiger partial charge in [0, 0.05) is 36.6 Å². The van der Waals surface area contributed by atoms with E-state index in [0.29, 0.717) is 29.6 Å². The average Bonchev–Trinajstić information content (AvgIpc) is 2.89. The Morgan fingerprint density at radius 3 is 2.29 bits per heavy atom. The highest BCUT2D eigenvalue weighted by Gasteiger charge is 2.31. The second kappa shape index (κ2) is 13.9. The molecule has 3 N–H and O–H groups in total. The Morgan fingerprint density at radius 1 is 1.00 bits per heavy atom. The van der Waals surface area contributed by atoms with Crippen LogP contribution >= 0.6 is 0 Å². The lowest BCUT2D eigenvalue weighted by molar-refractivity contribution is -0.274. The monoisotopic (exact) mass is 536 g/mol. The molecule has 208 valence electrons. The van der Waals surface area contributed by atoms with Gasteiger partial charge in [0.15, 0.2) is 0 Å². The number of methoxy groups -OCH3 is 1. The topological polar surface area (TPSA) is 91.9 Å². The van der Waals surface area contributed by atoms with Crippen molar-refractivity contribution >= 4 is 23.3 Å². The number of carbonyl (C=O) groups is 2. The van der Waals surface area contributed by atoms with Crippen LogP contribution < -0.4 is 25.4 Å². The lowest BCUT2D eigenvalue weighted by Crippen LogP contribution is -2.38. The summed E-state index contributed by atoms with van der Waals surface area (Å²) in [5.41, 5.74) is 0.988. The van der Waals surface area contributed by atoms with E-state index in [1.807, 2.05) is 0 Å². The molecule has 0 radical (unpaired) electrons. The third-order valence-corrected chi connectivity index (χ3v) is 6.45. The van der Waals surface area contributed by atoms with Crippen LogP contribution in [0.4, 0.5) is 29.3 Å². The minimum Gasteiger partial charge on any atom is -0.496 e. The van der Waals surface area contributed by atoms with E-state index in [2.05, 4.69) is 32.5 Å². The summed E-state index contributed by atoms with van der Waals surface area (Å²) < 4.78 is 46.0. The summed E-state index contributed by atoms with van der Waals surface area (Å²) in [6.07, 6.45) is 2.46. The maximum atomic E-state index is 12.7. The molecule has 1 fully saturated rings. The van der Waals surface area contributed by atoms with Crippen LogP contribution in [0.3, 0.4) is 0 Å². The van der Waals surface area contributed by atoms with Crippen LogP contribution in [0.25, 0.3) is 0 Å². The molecule has 38 heavy (non-hydrogen) atoms. The predicted octanol–water partition coefficient (Wildman–Crippen LogP) is 6.01. The molecule has 3 amide bonds. The third-order valence-electron chi connectivity index (χ3n) is 6.45. The maximum Gasteiger partial charge on any atom is 0.573 e. The fraction of sp³-hybridized carbons (Fsp3) is 0.481. The predicted molar refractivity (Wildman–Crippen MR) is 140 cm³/mol. The van der Waals surface area contributed by atoms with Crippen LogP contribution in [-0.4, -0.2) is 56.0 Å². The van der Waals surface area contributed by atoms with Crippen molar-refractivity contribution in [1.82, 2.24) is 10.2 Å².